The Kier molecular flexibility index (Phi) is 5.12. The summed E-state index contributed by atoms with van der Waals surface area (Å²) in [6.45, 7) is 0.641. The normalized spacial score (nSPS) is 18.9. The van der Waals surface area contributed by atoms with Crippen LogP contribution >= 0.6 is 11.8 Å². The van der Waals surface area contributed by atoms with Gasteiger partial charge in [-0.25, -0.2) is 5.43 Å². The summed E-state index contributed by atoms with van der Waals surface area (Å²) in [5.74, 6) is 0.331. The van der Waals surface area contributed by atoms with Gasteiger partial charge in [0.15, 0.2) is 5.50 Å². The van der Waals surface area contributed by atoms with E-state index in [4.69, 9.17) is 0 Å². The van der Waals surface area contributed by atoms with Crippen LogP contribution in [-0.4, -0.2) is 16.4 Å². The fourth-order valence-electron chi connectivity index (χ4n) is 4.13. The number of rotatable bonds is 5. The van der Waals surface area contributed by atoms with Crippen molar-refractivity contribution >= 4 is 34.3 Å². The van der Waals surface area contributed by atoms with Crippen molar-refractivity contribution in [1.82, 2.24) is 15.7 Å². The van der Waals surface area contributed by atoms with Crippen LogP contribution in [0.15, 0.2) is 65.7 Å². The van der Waals surface area contributed by atoms with Crippen LogP contribution in [0.3, 0.4) is 0 Å². The second kappa shape index (κ2) is 8.05. The van der Waals surface area contributed by atoms with Crippen LogP contribution in [0.2, 0.25) is 0 Å². The van der Waals surface area contributed by atoms with Gasteiger partial charge in [-0.3, -0.25) is 14.8 Å². The maximum absolute atomic E-state index is 12.7. The zero-order valence-corrected chi connectivity index (χ0v) is 17.0. The molecule has 2 heterocycles. The van der Waals surface area contributed by atoms with Crippen molar-refractivity contribution in [3.05, 3.63) is 66.4 Å². The minimum atomic E-state index is -0.145. The molecule has 0 spiro atoms. The van der Waals surface area contributed by atoms with Crippen molar-refractivity contribution in [2.45, 2.75) is 42.6 Å². The topological polar surface area (TPSA) is 57.3 Å². The molecular formula is C23H24N4OS. The van der Waals surface area contributed by atoms with E-state index in [9.17, 15) is 4.79 Å². The summed E-state index contributed by atoms with van der Waals surface area (Å²) in [5.41, 5.74) is 6.59. The standard InChI is InChI=1S/C23H24N4OS/c28-22(17-7-1-2-8-17)26-23-27(20-11-5-6-12-21(20)29-23)25-15-16-13-18-9-3-4-10-19(18)24-14-16/h3-6,9-14,17,23,25H,1-2,7-8,15H2,(H,26,28). The Labute approximate surface area is 174 Å². The summed E-state index contributed by atoms with van der Waals surface area (Å²) in [7, 11) is 0. The van der Waals surface area contributed by atoms with Crippen molar-refractivity contribution in [2.75, 3.05) is 5.01 Å². The second-order valence-electron chi connectivity index (χ2n) is 7.67. The number of aromatic nitrogens is 1. The number of nitrogens with zero attached hydrogens (tertiary/aromatic N) is 2. The fourth-order valence-corrected chi connectivity index (χ4v) is 5.29. The number of benzene rings is 2. The van der Waals surface area contributed by atoms with Crippen molar-refractivity contribution < 1.29 is 4.79 Å². The first-order chi connectivity index (χ1) is 14.3. The molecule has 1 aromatic heterocycles. The molecule has 0 bridgehead atoms. The number of thioether (sulfide) groups is 1. The number of hydrogen-bond donors (Lipinski definition) is 2. The molecule has 2 aliphatic rings. The van der Waals surface area contributed by atoms with Crippen molar-refractivity contribution in [3.63, 3.8) is 0 Å². The van der Waals surface area contributed by atoms with Crippen molar-refractivity contribution in [1.29, 1.82) is 0 Å². The predicted octanol–water partition coefficient (Wildman–Crippen LogP) is 4.44. The molecule has 148 valence electrons. The SMILES string of the molecule is O=C(NC1Sc2ccccc2N1NCc1cnc2ccccc2c1)C1CCCC1. The van der Waals surface area contributed by atoms with Crippen molar-refractivity contribution in [2.24, 2.45) is 5.92 Å². The Bertz CT molecular complexity index is 1030. The molecule has 2 N–H and O–H groups in total. The third-order valence-corrected chi connectivity index (χ3v) is 6.84. The summed E-state index contributed by atoms with van der Waals surface area (Å²) >= 11 is 1.68. The molecule has 1 fully saturated rings. The Balaban J connectivity index is 1.33. The Morgan fingerprint density at radius 2 is 1.90 bits per heavy atom. The average Bonchev–Trinajstić information content (AvgIpc) is 3.40. The fraction of sp³-hybridized carbons (Fsp3) is 0.304. The second-order valence-corrected chi connectivity index (χ2v) is 8.79. The van der Waals surface area contributed by atoms with Gasteiger partial charge in [-0.1, -0.05) is 54.9 Å². The maximum Gasteiger partial charge on any atom is 0.225 e. The van der Waals surface area contributed by atoms with Crippen LogP contribution in [0.5, 0.6) is 0 Å². The summed E-state index contributed by atoms with van der Waals surface area (Å²) < 4.78 is 0. The summed E-state index contributed by atoms with van der Waals surface area (Å²) in [4.78, 5) is 18.5. The molecule has 2 aromatic carbocycles. The van der Waals surface area contributed by atoms with Gasteiger partial charge in [0.25, 0.3) is 0 Å². The van der Waals surface area contributed by atoms with Gasteiger partial charge in [0, 0.05) is 28.9 Å². The van der Waals surface area contributed by atoms with E-state index in [1.165, 1.54) is 4.90 Å². The molecule has 1 amide bonds. The van der Waals surface area contributed by atoms with E-state index in [0.717, 1.165) is 47.8 Å². The van der Waals surface area contributed by atoms with Crippen LogP contribution in [0.1, 0.15) is 31.2 Å². The molecular weight excluding hydrogens is 380 g/mol. The first kappa shape index (κ1) is 18.5. The van der Waals surface area contributed by atoms with E-state index in [0.29, 0.717) is 6.54 Å². The smallest absolute Gasteiger partial charge is 0.225 e. The van der Waals surface area contributed by atoms with Crippen LogP contribution in [0, 0.1) is 5.92 Å². The number of amides is 1. The first-order valence-electron chi connectivity index (χ1n) is 10.2. The minimum Gasteiger partial charge on any atom is -0.326 e. The minimum absolute atomic E-state index is 0.145. The zero-order valence-electron chi connectivity index (χ0n) is 16.2. The largest absolute Gasteiger partial charge is 0.326 e. The lowest BCUT2D eigenvalue weighted by Gasteiger charge is -2.28. The van der Waals surface area contributed by atoms with E-state index >= 15 is 0 Å². The van der Waals surface area contributed by atoms with E-state index in [-0.39, 0.29) is 17.3 Å². The third kappa shape index (κ3) is 3.82. The quantitative estimate of drug-likeness (QED) is 0.658. The molecule has 0 saturated heterocycles. The van der Waals surface area contributed by atoms with Crippen LogP contribution in [-0.2, 0) is 11.3 Å². The van der Waals surface area contributed by atoms with Crippen LogP contribution in [0.25, 0.3) is 10.9 Å². The van der Waals surface area contributed by atoms with Gasteiger partial charge in [0.1, 0.15) is 0 Å². The molecule has 0 radical (unpaired) electrons. The number of hydrazine groups is 1. The Hall–Kier alpha value is -2.57. The number of carbonyl (C=O) groups is 1. The van der Waals surface area contributed by atoms with Gasteiger partial charge in [-0.15, -0.1) is 0 Å². The molecule has 6 heteroatoms. The number of fused-ring (bicyclic) bond motifs is 2. The lowest BCUT2D eigenvalue weighted by atomic mass is 10.1. The van der Waals surface area contributed by atoms with E-state index < -0.39 is 0 Å². The molecule has 1 aliphatic heterocycles. The lowest BCUT2D eigenvalue weighted by molar-refractivity contribution is -0.125. The molecule has 1 aliphatic carbocycles. The number of para-hydroxylation sites is 2. The average molecular weight is 405 g/mol. The van der Waals surface area contributed by atoms with Crippen LogP contribution < -0.4 is 15.8 Å². The number of hydrogen-bond acceptors (Lipinski definition) is 5. The van der Waals surface area contributed by atoms with Gasteiger partial charge in [0.05, 0.1) is 11.2 Å². The molecule has 5 nitrogen and oxygen atoms in total. The van der Waals surface area contributed by atoms with E-state index in [1.54, 1.807) is 11.8 Å². The summed E-state index contributed by atoms with van der Waals surface area (Å²) in [6.07, 6.45) is 6.25. The molecule has 3 aromatic rings. The Morgan fingerprint density at radius 3 is 2.79 bits per heavy atom. The maximum atomic E-state index is 12.7. The number of anilines is 1. The highest BCUT2D eigenvalue weighted by Gasteiger charge is 2.33. The number of nitrogens with one attached hydrogen (secondary N) is 2. The van der Waals surface area contributed by atoms with Crippen molar-refractivity contribution in [3.8, 4) is 0 Å². The third-order valence-electron chi connectivity index (χ3n) is 5.69. The summed E-state index contributed by atoms with van der Waals surface area (Å²) in [5, 5.41) is 6.47. The van der Waals surface area contributed by atoms with E-state index in [2.05, 4.69) is 45.0 Å². The lowest BCUT2D eigenvalue weighted by Crippen LogP contribution is -2.51. The van der Waals surface area contributed by atoms with Gasteiger partial charge >= 0.3 is 0 Å². The number of pyridine rings is 1. The van der Waals surface area contributed by atoms with E-state index in [1.807, 2.05) is 36.5 Å². The summed E-state index contributed by atoms with van der Waals surface area (Å²) in [6, 6.07) is 18.6. The highest BCUT2D eigenvalue weighted by molar-refractivity contribution is 8.00. The molecule has 1 unspecified atom stereocenters. The van der Waals surface area contributed by atoms with Crippen LogP contribution in [0.4, 0.5) is 5.69 Å². The Morgan fingerprint density at radius 1 is 1.10 bits per heavy atom. The predicted molar refractivity (Wildman–Crippen MR) is 117 cm³/mol. The number of carbonyl (C=O) groups excluding carboxylic acids is 1. The molecule has 29 heavy (non-hydrogen) atoms. The molecule has 5 rings (SSSR count). The zero-order chi connectivity index (χ0) is 19.6. The van der Waals surface area contributed by atoms with Gasteiger partial charge < -0.3 is 5.32 Å². The monoisotopic (exact) mass is 404 g/mol. The van der Waals surface area contributed by atoms with Gasteiger partial charge in [0.2, 0.25) is 5.91 Å². The van der Waals surface area contributed by atoms with Gasteiger partial charge in [-0.05, 0) is 42.7 Å². The van der Waals surface area contributed by atoms with Gasteiger partial charge in [-0.2, -0.15) is 0 Å². The highest BCUT2D eigenvalue weighted by Crippen LogP contribution is 2.41. The first-order valence-corrected chi connectivity index (χ1v) is 11.1. The highest BCUT2D eigenvalue weighted by atomic mass is 32.2. The molecule has 1 saturated carbocycles. The molecule has 1 atom stereocenters.